The minimum Gasteiger partial charge on any atom is -0.309 e. The molecule has 5 rings (SSSR count). The Hall–Kier alpha value is -4.14. The first kappa shape index (κ1) is 23.6. The van der Waals surface area contributed by atoms with Gasteiger partial charge in [0.05, 0.1) is 17.4 Å². The monoisotopic (exact) mass is 487 g/mol. The van der Waals surface area contributed by atoms with Crippen LogP contribution >= 0.6 is 7.14 Å². The molecule has 0 saturated heterocycles. The molecule has 0 radical (unpaired) electrons. The van der Waals surface area contributed by atoms with Crippen molar-refractivity contribution in [2.24, 2.45) is 4.99 Å². The van der Waals surface area contributed by atoms with Gasteiger partial charge in [-0.15, -0.1) is 0 Å². The van der Waals surface area contributed by atoms with Crippen LogP contribution in [0.4, 0.5) is 0 Å². The van der Waals surface area contributed by atoms with Gasteiger partial charge in [-0.1, -0.05) is 97.1 Å². The molecule has 0 fully saturated rings. The van der Waals surface area contributed by atoms with E-state index in [2.05, 4.69) is 9.97 Å². The van der Waals surface area contributed by atoms with E-state index in [1.165, 1.54) is 0 Å². The van der Waals surface area contributed by atoms with Crippen LogP contribution in [-0.2, 0) is 4.57 Å². The minimum absolute atomic E-state index is 0.291. The fourth-order valence-electron chi connectivity index (χ4n) is 4.36. The Labute approximate surface area is 211 Å². The zero-order valence-electron chi connectivity index (χ0n) is 20.0. The fraction of sp³-hybridized carbons (Fsp3) is 0.0645. The molecule has 0 amide bonds. The quantitative estimate of drug-likeness (QED) is 0.218. The van der Waals surface area contributed by atoms with Crippen molar-refractivity contribution in [3.63, 3.8) is 0 Å². The molecule has 4 nitrogen and oxygen atoms in total. The zero-order chi connectivity index (χ0) is 24.8. The highest BCUT2D eigenvalue weighted by molar-refractivity contribution is 7.85. The van der Waals surface area contributed by atoms with E-state index in [0.29, 0.717) is 5.71 Å². The van der Waals surface area contributed by atoms with Crippen molar-refractivity contribution >= 4 is 28.8 Å². The minimum atomic E-state index is -3.16. The SMILES string of the molecule is C[C@@H](N=C(c1ccccn1)c1ccccn1)c1ccccc1P(=O)(c1ccccc1)c1ccccc1. The standard InChI is InChI=1S/C31H26N3OP/c1-24(34-31(28-19-10-12-22-32-28)29-20-11-13-23-33-29)27-18-8-9-21-30(27)36(35,25-14-4-2-5-15-25)26-16-6-3-7-17-26/h2-24H,1H3/t24-/m1/s1. The van der Waals surface area contributed by atoms with Crippen molar-refractivity contribution in [1.29, 1.82) is 0 Å². The van der Waals surface area contributed by atoms with E-state index >= 15 is 4.57 Å². The molecule has 0 aliphatic heterocycles. The second kappa shape index (κ2) is 10.6. The molecule has 2 heterocycles. The lowest BCUT2D eigenvalue weighted by atomic mass is 10.1. The first-order chi connectivity index (χ1) is 17.7. The Morgan fingerprint density at radius 3 is 1.61 bits per heavy atom. The third kappa shape index (κ3) is 4.68. The molecule has 5 aromatic rings. The normalized spacial score (nSPS) is 12.0. The Balaban J connectivity index is 1.69. The highest BCUT2D eigenvalue weighted by Gasteiger charge is 2.32. The van der Waals surface area contributed by atoms with E-state index in [-0.39, 0.29) is 6.04 Å². The van der Waals surface area contributed by atoms with Gasteiger partial charge in [0.15, 0.2) is 7.14 Å². The molecule has 0 N–H and O–H groups in total. The van der Waals surface area contributed by atoms with Crippen LogP contribution in [0.25, 0.3) is 0 Å². The van der Waals surface area contributed by atoms with E-state index in [0.717, 1.165) is 32.9 Å². The average molecular weight is 488 g/mol. The van der Waals surface area contributed by atoms with E-state index in [1.807, 2.05) is 128 Å². The fourth-order valence-corrected chi connectivity index (χ4v) is 7.32. The van der Waals surface area contributed by atoms with E-state index in [4.69, 9.17) is 4.99 Å². The summed E-state index contributed by atoms with van der Waals surface area (Å²) in [6, 6.07) is 38.6. The van der Waals surface area contributed by atoms with Crippen LogP contribution in [0.3, 0.4) is 0 Å². The van der Waals surface area contributed by atoms with Gasteiger partial charge in [-0.05, 0) is 36.8 Å². The van der Waals surface area contributed by atoms with Crippen LogP contribution in [0.15, 0.2) is 139 Å². The van der Waals surface area contributed by atoms with Gasteiger partial charge in [0, 0.05) is 28.3 Å². The largest absolute Gasteiger partial charge is 0.309 e. The van der Waals surface area contributed by atoms with Crippen LogP contribution in [0.1, 0.15) is 29.9 Å². The number of aliphatic imine (C=N–C) groups is 1. The lowest BCUT2D eigenvalue weighted by Gasteiger charge is -2.24. The number of aromatic nitrogens is 2. The van der Waals surface area contributed by atoms with Crippen molar-refractivity contribution in [3.05, 3.63) is 151 Å². The summed E-state index contributed by atoms with van der Waals surface area (Å²) in [5.41, 5.74) is 3.11. The summed E-state index contributed by atoms with van der Waals surface area (Å²) in [4.78, 5) is 14.2. The average Bonchev–Trinajstić information content (AvgIpc) is 2.97. The predicted octanol–water partition coefficient (Wildman–Crippen LogP) is 5.71. The van der Waals surface area contributed by atoms with Crippen molar-refractivity contribution in [2.45, 2.75) is 13.0 Å². The van der Waals surface area contributed by atoms with Gasteiger partial charge >= 0.3 is 0 Å². The summed E-state index contributed by atoms with van der Waals surface area (Å²) in [7, 11) is -3.16. The summed E-state index contributed by atoms with van der Waals surface area (Å²) in [6.45, 7) is 2.03. The van der Waals surface area contributed by atoms with Crippen LogP contribution < -0.4 is 15.9 Å². The van der Waals surface area contributed by atoms with E-state index in [1.54, 1.807) is 12.4 Å². The molecule has 3 aromatic carbocycles. The Morgan fingerprint density at radius 1 is 0.639 bits per heavy atom. The molecular formula is C31H26N3OP. The molecule has 1 atom stereocenters. The number of hydrogen-bond acceptors (Lipinski definition) is 4. The van der Waals surface area contributed by atoms with E-state index < -0.39 is 7.14 Å². The van der Waals surface area contributed by atoms with Gasteiger partial charge in [-0.25, -0.2) is 0 Å². The zero-order valence-corrected chi connectivity index (χ0v) is 20.9. The molecule has 0 aliphatic rings. The topological polar surface area (TPSA) is 55.2 Å². The molecule has 0 bridgehead atoms. The summed E-state index contributed by atoms with van der Waals surface area (Å²) in [5.74, 6) is 0. The van der Waals surface area contributed by atoms with Gasteiger partial charge in [-0.3, -0.25) is 15.0 Å². The van der Waals surface area contributed by atoms with Crippen molar-refractivity contribution in [2.75, 3.05) is 0 Å². The summed E-state index contributed by atoms with van der Waals surface area (Å²) in [6.07, 6.45) is 3.51. The molecule has 5 heteroatoms. The summed E-state index contributed by atoms with van der Waals surface area (Å²) >= 11 is 0. The predicted molar refractivity (Wildman–Crippen MR) is 148 cm³/mol. The molecule has 0 spiro atoms. The number of pyridine rings is 2. The second-order valence-electron chi connectivity index (χ2n) is 8.42. The van der Waals surface area contributed by atoms with E-state index in [9.17, 15) is 0 Å². The number of benzene rings is 3. The highest BCUT2D eigenvalue weighted by atomic mass is 31.2. The molecule has 176 valence electrons. The first-order valence-electron chi connectivity index (χ1n) is 11.9. The van der Waals surface area contributed by atoms with Crippen LogP contribution in [0, 0.1) is 0 Å². The second-order valence-corrected chi connectivity index (χ2v) is 11.2. The van der Waals surface area contributed by atoms with Gasteiger partial charge in [0.1, 0.15) is 5.71 Å². The lowest BCUT2D eigenvalue weighted by Crippen LogP contribution is -2.28. The Morgan fingerprint density at radius 2 is 1.11 bits per heavy atom. The van der Waals surface area contributed by atoms with Gasteiger partial charge < -0.3 is 4.57 Å². The van der Waals surface area contributed by atoms with Crippen LogP contribution in [0.5, 0.6) is 0 Å². The summed E-state index contributed by atoms with van der Waals surface area (Å²) < 4.78 is 15.1. The van der Waals surface area contributed by atoms with Crippen molar-refractivity contribution < 1.29 is 4.57 Å². The number of hydrogen-bond donors (Lipinski definition) is 0. The third-order valence-electron chi connectivity index (χ3n) is 6.10. The van der Waals surface area contributed by atoms with Crippen molar-refractivity contribution in [3.8, 4) is 0 Å². The van der Waals surface area contributed by atoms with Gasteiger partial charge in [0.2, 0.25) is 0 Å². The Bertz CT molecular complexity index is 1420. The first-order valence-corrected chi connectivity index (χ1v) is 13.6. The highest BCUT2D eigenvalue weighted by Crippen LogP contribution is 2.44. The Kier molecular flexibility index (Phi) is 6.97. The summed E-state index contributed by atoms with van der Waals surface area (Å²) in [5, 5.41) is 2.39. The van der Waals surface area contributed by atoms with Gasteiger partial charge in [0.25, 0.3) is 0 Å². The van der Waals surface area contributed by atoms with Crippen LogP contribution in [0.2, 0.25) is 0 Å². The maximum atomic E-state index is 15.1. The molecule has 0 saturated carbocycles. The smallest absolute Gasteiger partial charge is 0.171 e. The maximum Gasteiger partial charge on any atom is 0.171 e. The molecule has 0 aliphatic carbocycles. The molecule has 2 aromatic heterocycles. The van der Waals surface area contributed by atoms with Crippen LogP contribution in [-0.4, -0.2) is 15.7 Å². The number of rotatable bonds is 7. The molecular weight excluding hydrogens is 461 g/mol. The molecule has 36 heavy (non-hydrogen) atoms. The number of nitrogens with zero attached hydrogens (tertiary/aromatic N) is 3. The van der Waals surface area contributed by atoms with Gasteiger partial charge in [-0.2, -0.15) is 0 Å². The maximum absolute atomic E-state index is 15.1. The lowest BCUT2D eigenvalue weighted by molar-refractivity contribution is 0.592. The third-order valence-corrected chi connectivity index (χ3v) is 9.24. The van der Waals surface area contributed by atoms with Crippen molar-refractivity contribution in [1.82, 2.24) is 9.97 Å². The molecule has 0 unspecified atom stereocenters.